The van der Waals surface area contributed by atoms with E-state index in [-0.39, 0.29) is 24.3 Å². The second kappa shape index (κ2) is 9.17. The molecule has 3 rings (SSSR count). The lowest BCUT2D eigenvalue weighted by Crippen LogP contribution is -2.32. The molecule has 0 radical (unpaired) electrons. The van der Waals surface area contributed by atoms with Gasteiger partial charge in [0, 0.05) is 10.6 Å². The Morgan fingerprint density at radius 2 is 1.86 bits per heavy atom. The number of benzene rings is 2. The van der Waals surface area contributed by atoms with Crippen LogP contribution in [-0.4, -0.2) is 35.8 Å². The Hall–Kier alpha value is -2.44. The number of nitrogens with zero attached hydrogens (tertiary/aromatic N) is 1. The molecule has 0 saturated carbocycles. The van der Waals surface area contributed by atoms with E-state index < -0.39 is 0 Å². The smallest absolute Gasteiger partial charge is 0.293 e. The Kier molecular flexibility index (Phi) is 6.65. The molecular formula is C21H20ClNO4S. The molecule has 0 atom stereocenters. The van der Waals surface area contributed by atoms with E-state index in [1.54, 1.807) is 24.3 Å². The largest absolute Gasteiger partial charge is 0.493 e. The SMILES string of the molecule is CCOc1ccc(Cl)cc1/C=C1\SC(=O)N(CCOc2ccc(C)cc2)C1=O. The zero-order chi connectivity index (χ0) is 20.1. The minimum Gasteiger partial charge on any atom is -0.493 e. The van der Waals surface area contributed by atoms with Crippen LogP contribution in [-0.2, 0) is 4.79 Å². The van der Waals surface area contributed by atoms with E-state index in [2.05, 4.69) is 0 Å². The molecule has 0 spiro atoms. The highest BCUT2D eigenvalue weighted by atomic mass is 35.5. The maximum absolute atomic E-state index is 12.6. The van der Waals surface area contributed by atoms with E-state index in [0.29, 0.717) is 33.6 Å². The summed E-state index contributed by atoms with van der Waals surface area (Å²) in [7, 11) is 0. The molecule has 0 N–H and O–H groups in total. The summed E-state index contributed by atoms with van der Waals surface area (Å²) < 4.78 is 11.2. The number of rotatable bonds is 7. The molecule has 2 amide bonds. The van der Waals surface area contributed by atoms with Crippen LogP contribution in [0.1, 0.15) is 18.1 Å². The first kappa shape index (κ1) is 20.3. The average Bonchev–Trinajstić information content (AvgIpc) is 2.93. The number of hydrogen-bond acceptors (Lipinski definition) is 5. The van der Waals surface area contributed by atoms with Crippen LogP contribution < -0.4 is 9.47 Å². The summed E-state index contributed by atoms with van der Waals surface area (Å²) in [5.41, 5.74) is 1.80. The number of amides is 2. The van der Waals surface area contributed by atoms with Crippen molar-refractivity contribution in [1.29, 1.82) is 0 Å². The monoisotopic (exact) mass is 417 g/mol. The highest BCUT2D eigenvalue weighted by Crippen LogP contribution is 2.34. The number of halogens is 1. The fourth-order valence-corrected chi connectivity index (χ4v) is 3.68. The third-order valence-electron chi connectivity index (χ3n) is 4.04. The number of carbonyl (C=O) groups is 2. The van der Waals surface area contributed by atoms with E-state index in [0.717, 1.165) is 17.3 Å². The van der Waals surface area contributed by atoms with Gasteiger partial charge in [0.05, 0.1) is 18.1 Å². The maximum Gasteiger partial charge on any atom is 0.293 e. The normalized spacial score (nSPS) is 15.4. The summed E-state index contributed by atoms with van der Waals surface area (Å²) >= 11 is 6.96. The zero-order valence-corrected chi connectivity index (χ0v) is 17.2. The molecule has 1 saturated heterocycles. The highest BCUT2D eigenvalue weighted by molar-refractivity contribution is 8.18. The Morgan fingerprint density at radius 1 is 1.11 bits per heavy atom. The Labute approximate surface area is 173 Å². The van der Waals surface area contributed by atoms with Gasteiger partial charge in [-0.15, -0.1) is 0 Å². The number of ether oxygens (including phenoxy) is 2. The van der Waals surface area contributed by atoms with Gasteiger partial charge in [0.15, 0.2) is 0 Å². The van der Waals surface area contributed by atoms with Crippen molar-refractivity contribution in [1.82, 2.24) is 4.90 Å². The molecule has 1 aliphatic rings. The Bertz CT molecular complexity index is 911. The Morgan fingerprint density at radius 3 is 2.57 bits per heavy atom. The molecule has 5 nitrogen and oxygen atoms in total. The van der Waals surface area contributed by atoms with E-state index in [1.807, 2.05) is 38.1 Å². The van der Waals surface area contributed by atoms with E-state index >= 15 is 0 Å². The van der Waals surface area contributed by atoms with Crippen molar-refractivity contribution in [3.8, 4) is 11.5 Å². The van der Waals surface area contributed by atoms with Crippen LogP contribution in [0.25, 0.3) is 6.08 Å². The van der Waals surface area contributed by atoms with E-state index in [9.17, 15) is 9.59 Å². The van der Waals surface area contributed by atoms with Crippen molar-refractivity contribution in [2.45, 2.75) is 13.8 Å². The van der Waals surface area contributed by atoms with Gasteiger partial charge >= 0.3 is 0 Å². The topological polar surface area (TPSA) is 55.8 Å². The molecule has 1 heterocycles. The van der Waals surface area contributed by atoms with Gasteiger partial charge in [-0.1, -0.05) is 29.3 Å². The average molecular weight is 418 g/mol. The first-order chi connectivity index (χ1) is 13.5. The first-order valence-corrected chi connectivity index (χ1v) is 10.0. The van der Waals surface area contributed by atoms with Gasteiger partial charge in [-0.05, 0) is 62.0 Å². The van der Waals surface area contributed by atoms with E-state index in [1.165, 1.54) is 4.90 Å². The van der Waals surface area contributed by atoms with Crippen LogP contribution in [0, 0.1) is 6.92 Å². The maximum atomic E-state index is 12.6. The summed E-state index contributed by atoms with van der Waals surface area (Å²) in [6, 6.07) is 12.8. The van der Waals surface area contributed by atoms with Gasteiger partial charge in [0.1, 0.15) is 18.1 Å². The van der Waals surface area contributed by atoms with E-state index in [4.69, 9.17) is 21.1 Å². The molecule has 2 aromatic carbocycles. The fourth-order valence-electron chi connectivity index (χ4n) is 2.64. The zero-order valence-electron chi connectivity index (χ0n) is 15.6. The lowest BCUT2D eigenvalue weighted by Gasteiger charge is -2.13. The van der Waals surface area contributed by atoms with Crippen LogP contribution in [0.2, 0.25) is 5.02 Å². The van der Waals surface area contributed by atoms with Gasteiger partial charge < -0.3 is 9.47 Å². The summed E-state index contributed by atoms with van der Waals surface area (Å²) in [6.07, 6.45) is 1.64. The lowest BCUT2D eigenvalue weighted by molar-refractivity contribution is -0.123. The summed E-state index contributed by atoms with van der Waals surface area (Å²) in [4.78, 5) is 26.4. The minimum absolute atomic E-state index is 0.184. The highest BCUT2D eigenvalue weighted by Gasteiger charge is 2.35. The van der Waals surface area contributed by atoms with Crippen LogP contribution in [0.5, 0.6) is 11.5 Å². The molecule has 2 aromatic rings. The first-order valence-electron chi connectivity index (χ1n) is 8.85. The van der Waals surface area contributed by atoms with Gasteiger partial charge in [0.25, 0.3) is 11.1 Å². The predicted molar refractivity (Wildman–Crippen MR) is 112 cm³/mol. The number of hydrogen-bond donors (Lipinski definition) is 0. The molecule has 146 valence electrons. The van der Waals surface area contributed by atoms with Crippen LogP contribution in [0.15, 0.2) is 47.4 Å². The van der Waals surface area contributed by atoms with Crippen molar-refractivity contribution in [2.24, 2.45) is 0 Å². The number of thioether (sulfide) groups is 1. The van der Waals surface area contributed by atoms with Gasteiger partial charge in [-0.25, -0.2) is 0 Å². The standard InChI is InChI=1S/C21H20ClNO4S/c1-3-26-18-9-6-16(22)12-15(18)13-19-20(24)23(21(25)28-19)10-11-27-17-7-4-14(2)5-8-17/h4-9,12-13H,3,10-11H2,1-2H3/b19-13-. The van der Waals surface area contributed by atoms with Crippen molar-refractivity contribution in [2.75, 3.05) is 19.8 Å². The van der Waals surface area contributed by atoms with Crippen molar-refractivity contribution in [3.63, 3.8) is 0 Å². The number of aryl methyl sites for hydroxylation is 1. The Balaban J connectivity index is 1.68. The van der Waals surface area contributed by atoms with Crippen LogP contribution >= 0.6 is 23.4 Å². The van der Waals surface area contributed by atoms with Crippen LogP contribution in [0.4, 0.5) is 4.79 Å². The summed E-state index contributed by atoms with van der Waals surface area (Å²) in [6.45, 7) is 4.77. The third-order valence-corrected chi connectivity index (χ3v) is 5.18. The number of carbonyl (C=O) groups excluding carboxylic acids is 2. The molecule has 1 aliphatic heterocycles. The molecule has 0 aromatic heterocycles. The number of imide groups is 1. The summed E-state index contributed by atoms with van der Waals surface area (Å²) in [5, 5.41) is 0.212. The van der Waals surface area contributed by atoms with Crippen LogP contribution in [0.3, 0.4) is 0 Å². The van der Waals surface area contributed by atoms with Crippen molar-refractivity contribution < 1.29 is 19.1 Å². The summed E-state index contributed by atoms with van der Waals surface area (Å²) in [5.74, 6) is 0.972. The molecular weight excluding hydrogens is 398 g/mol. The molecule has 28 heavy (non-hydrogen) atoms. The lowest BCUT2D eigenvalue weighted by atomic mass is 10.2. The quantitative estimate of drug-likeness (QED) is 0.582. The molecule has 0 aliphatic carbocycles. The van der Waals surface area contributed by atoms with Gasteiger partial charge in [-0.3, -0.25) is 14.5 Å². The van der Waals surface area contributed by atoms with Gasteiger partial charge in [0.2, 0.25) is 0 Å². The minimum atomic E-state index is -0.343. The molecule has 7 heteroatoms. The van der Waals surface area contributed by atoms with Crippen molar-refractivity contribution >= 4 is 40.6 Å². The molecule has 0 unspecified atom stereocenters. The second-order valence-corrected chi connectivity index (χ2v) is 7.54. The fraction of sp³-hybridized carbons (Fsp3) is 0.238. The second-order valence-electron chi connectivity index (χ2n) is 6.11. The molecule has 1 fully saturated rings. The third kappa shape index (κ3) is 4.88. The van der Waals surface area contributed by atoms with Gasteiger partial charge in [-0.2, -0.15) is 0 Å². The van der Waals surface area contributed by atoms with Crippen molar-refractivity contribution in [3.05, 3.63) is 63.5 Å². The molecule has 0 bridgehead atoms. The predicted octanol–water partition coefficient (Wildman–Crippen LogP) is 5.16.